The fourth-order valence-corrected chi connectivity index (χ4v) is 3.68. The molecule has 27 heavy (non-hydrogen) atoms. The molecule has 0 amide bonds. The van der Waals surface area contributed by atoms with E-state index in [2.05, 4.69) is 5.10 Å². The number of non-ortho nitro benzene ring substituents is 1. The van der Waals surface area contributed by atoms with Gasteiger partial charge in [0.15, 0.2) is 0 Å². The van der Waals surface area contributed by atoms with Gasteiger partial charge in [0.05, 0.1) is 29.8 Å². The Morgan fingerprint density at radius 1 is 1.07 bits per heavy atom. The van der Waals surface area contributed by atoms with Gasteiger partial charge in [-0.1, -0.05) is 18.2 Å². The number of nitro groups is 1. The van der Waals surface area contributed by atoms with Crippen LogP contribution >= 0.6 is 0 Å². The molecular formula is C20H20N4O3. The molecule has 138 valence electrons. The lowest BCUT2D eigenvalue weighted by Gasteiger charge is -2.15. The van der Waals surface area contributed by atoms with Crippen LogP contribution in [-0.4, -0.2) is 30.5 Å². The highest BCUT2D eigenvalue weighted by molar-refractivity contribution is 6.08. The molecule has 7 nitrogen and oxygen atoms in total. The molecule has 0 bridgehead atoms. The van der Waals surface area contributed by atoms with E-state index in [0.29, 0.717) is 13.1 Å². The maximum Gasteiger partial charge on any atom is 0.270 e. The zero-order valence-corrected chi connectivity index (χ0v) is 15.2. The minimum absolute atomic E-state index is 0.0635. The maximum absolute atomic E-state index is 11.2. The fourth-order valence-electron chi connectivity index (χ4n) is 3.68. The number of nitro benzene ring substituents is 1. The number of fused-ring (bicyclic) bond motifs is 3. The second-order valence-electron chi connectivity index (χ2n) is 6.85. The number of para-hydroxylation sites is 1. The average molecular weight is 364 g/mol. The van der Waals surface area contributed by atoms with E-state index in [0.717, 1.165) is 33.2 Å². The van der Waals surface area contributed by atoms with Gasteiger partial charge in [-0.2, -0.15) is 5.10 Å². The van der Waals surface area contributed by atoms with Gasteiger partial charge in [-0.15, -0.1) is 0 Å². The summed E-state index contributed by atoms with van der Waals surface area (Å²) in [7, 11) is 0. The van der Waals surface area contributed by atoms with Gasteiger partial charge in [0.1, 0.15) is 0 Å². The summed E-state index contributed by atoms with van der Waals surface area (Å²) in [5.74, 6) is 0. The van der Waals surface area contributed by atoms with E-state index >= 15 is 0 Å². The number of aromatic nitrogens is 3. The third kappa shape index (κ3) is 3.06. The lowest BCUT2D eigenvalue weighted by atomic mass is 10.1. The van der Waals surface area contributed by atoms with Gasteiger partial charge in [-0.05, 0) is 32.0 Å². The summed E-state index contributed by atoms with van der Waals surface area (Å²) in [5.41, 5.74) is 3.80. The molecule has 1 N–H and O–H groups in total. The van der Waals surface area contributed by atoms with Crippen LogP contribution in [0.4, 0.5) is 5.69 Å². The predicted molar refractivity (Wildman–Crippen MR) is 104 cm³/mol. The predicted octanol–water partition coefficient (Wildman–Crippen LogP) is 3.58. The Kier molecular flexibility index (Phi) is 4.16. The van der Waals surface area contributed by atoms with E-state index < -0.39 is 6.10 Å². The van der Waals surface area contributed by atoms with Gasteiger partial charge in [-0.25, -0.2) is 0 Å². The summed E-state index contributed by atoms with van der Waals surface area (Å²) in [6, 6.07) is 14.6. The van der Waals surface area contributed by atoms with E-state index in [1.54, 1.807) is 16.8 Å². The molecule has 0 fully saturated rings. The summed E-state index contributed by atoms with van der Waals surface area (Å²) in [6.07, 6.45) is -0.641. The quantitative estimate of drug-likeness (QED) is 0.433. The van der Waals surface area contributed by atoms with Gasteiger partial charge in [-0.3, -0.25) is 14.8 Å². The minimum atomic E-state index is -0.641. The lowest BCUT2D eigenvalue weighted by Crippen LogP contribution is -2.23. The Balaban J connectivity index is 1.75. The van der Waals surface area contributed by atoms with Crippen molar-refractivity contribution in [2.75, 3.05) is 0 Å². The number of aliphatic hydroxyl groups excluding tert-OH is 1. The number of hydrogen-bond donors (Lipinski definition) is 1. The van der Waals surface area contributed by atoms with Crippen LogP contribution in [0.15, 0.2) is 48.5 Å². The fraction of sp³-hybridized carbons (Fsp3) is 0.250. The van der Waals surface area contributed by atoms with Crippen LogP contribution in [0.1, 0.15) is 11.4 Å². The molecule has 2 aromatic carbocycles. The highest BCUT2D eigenvalue weighted by atomic mass is 16.6. The van der Waals surface area contributed by atoms with Crippen molar-refractivity contribution in [3.8, 4) is 0 Å². The van der Waals surface area contributed by atoms with Crippen LogP contribution in [0.2, 0.25) is 0 Å². The van der Waals surface area contributed by atoms with Crippen molar-refractivity contribution in [3.63, 3.8) is 0 Å². The van der Waals surface area contributed by atoms with Crippen LogP contribution < -0.4 is 0 Å². The molecule has 7 heteroatoms. The number of aryl methyl sites for hydroxylation is 2. The Labute approximate surface area is 155 Å². The molecule has 4 aromatic rings. The van der Waals surface area contributed by atoms with Gasteiger partial charge in [0, 0.05) is 39.6 Å². The minimum Gasteiger partial charge on any atom is -0.389 e. The largest absolute Gasteiger partial charge is 0.389 e. The normalized spacial score (nSPS) is 12.7. The lowest BCUT2D eigenvalue weighted by molar-refractivity contribution is -0.384. The van der Waals surface area contributed by atoms with Crippen LogP contribution in [0, 0.1) is 24.0 Å². The first-order valence-corrected chi connectivity index (χ1v) is 8.78. The second-order valence-corrected chi connectivity index (χ2v) is 6.85. The smallest absolute Gasteiger partial charge is 0.270 e. The van der Waals surface area contributed by atoms with E-state index in [9.17, 15) is 15.2 Å². The SMILES string of the molecule is Cc1cc(C)n(CC(O)Cn2c3ccccc3c3cc([N+](=O)[O-])ccc32)n1. The van der Waals surface area contributed by atoms with Crippen molar-refractivity contribution in [2.45, 2.75) is 33.0 Å². The van der Waals surface area contributed by atoms with Crippen LogP contribution in [-0.2, 0) is 13.1 Å². The number of benzene rings is 2. The van der Waals surface area contributed by atoms with Crippen molar-refractivity contribution in [2.24, 2.45) is 0 Å². The van der Waals surface area contributed by atoms with Crippen molar-refractivity contribution in [1.29, 1.82) is 0 Å². The molecule has 1 unspecified atom stereocenters. The van der Waals surface area contributed by atoms with E-state index in [4.69, 9.17) is 0 Å². The van der Waals surface area contributed by atoms with Crippen LogP contribution in [0.25, 0.3) is 21.8 Å². The van der Waals surface area contributed by atoms with Crippen molar-refractivity contribution in [1.82, 2.24) is 14.3 Å². The molecular weight excluding hydrogens is 344 g/mol. The monoisotopic (exact) mass is 364 g/mol. The standard InChI is InChI=1S/C20H20N4O3/c1-13-9-14(2)23(21-13)12-16(25)11-22-19-6-4-3-5-17(19)18-10-15(24(26)27)7-8-20(18)22/h3-10,16,25H,11-12H2,1-2H3. The highest BCUT2D eigenvalue weighted by Crippen LogP contribution is 2.31. The summed E-state index contributed by atoms with van der Waals surface area (Å²) in [4.78, 5) is 10.8. The summed E-state index contributed by atoms with van der Waals surface area (Å²) in [5, 5.41) is 28.0. The van der Waals surface area contributed by atoms with Crippen molar-refractivity contribution < 1.29 is 10.0 Å². The third-order valence-electron chi connectivity index (χ3n) is 4.85. The van der Waals surface area contributed by atoms with Crippen LogP contribution in [0.5, 0.6) is 0 Å². The Bertz CT molecular complexity index is 1160. The first kappa shape index (κ1) is 17.2. The second kappa shape index (κ2) is 6.51. The molecule has 2 aromatic heterocycles. The van der Waals surface area contributed by atoms with Gasteiger partial charge in [0.2, 0.25) is 0 Å². The Morgan fingerprint density at radius 3 is 2.52 bits per heavy atom. The molecule has 0 aliphatic rings. The maximum atomic E-state index is 11.2. The highest BCUT2D eigenvalue weighted by Gasteiger charge is 2.17. The summed E-state index contributed by atoms with van der Waals surface area (Å²) >= 11 is 0. The first-order chi connectivity index (χ1) is 12.9. The number of aliphatic hydroxyl groups is 1. The summed E-state index contributed by atoms with van der Waals surface area (Å²) in [6.45, 7) is 4.66. The molecule has 1 atom stereocenters. The third-order valence-corrected chi connectivity index (χ3v) is 4.85. The molecule has 0 radical (unpaired) electrons. The summed E-state index contributed by atoms with van der Waals surface area (Å²) < 4.78 is 3.82. The Morgan fingerprint density at radius 2 is 1.81 bits per heavy atom. The van der Waals surface area contributed by atoms with E-state index in [1.165, 1.54) is 6.07 Å². The average Bonchev–Trinajstić information content (AvgIpc) is 3.12. The first-order valence-electron chi connectivity index (χ1n) is 8.78. The van der Waals surface area contributed by atoms with Gasteiger partial charge >= 0.3 is 0 Å². The number of rotatable bonds is 5. The van der Waals surface area contributed by atoms with E-state index in [-0.39, 0.29) is 10.6 Å². The zero-order chi connectivity index (χ0) is 19.1. The zero-order valence-electron chi connectivity index (χ0n) is 15.2. The molecule has 0 aliphatic heterocycles. The van der Waals surface area contributed by atoms with E-state index in [1.807, 2.05) is 48.7 Å². The molecule has 0 spiro atoms. The topological polar surface area (TPSA) is 86.1 Å². The van der Waals surface area contributed by atoms with Crippen LogP contribution in [0.3, 0.4) is 0 Å². The molecule has 4 rings (SSSR count). The number of nitrogens with zero attached hydrogens (tertiary/aromatic N) is 4. The Hall–Kier alpha value is -3.19. The van der Waals surface area contributed by atoms with Gasteiger partial charge < -0.3 is 9.67 Å². The molecule has 2 heterocycles. The van der Waals surface area contributed by atoms with Gasteiger partial charge in [0.25, 0.3) is 5.69 Å². The van der Waals surface area contributed by atoms with Crippen molar-refractivity contribution in [3.05, 3.63) is 70.0 Å². The molecule has 0 aliphatic carbocycles. The van der Waals surface area contributed by atoms with Crippen molar-refractivity contribution >= 4 is 27.5 Å². The molecule has 0 saturated carbocycles. The molecule has 0 saturated heterocycles. The number of hydrogen-bond acceptors (Lipinski definition) is 4.